The first kappa shape index (κ1) is 19.2. The normalized spacial score (nSPS) is 16.4. The quantitative estimate of drug-likeness (QED) is 0.588. The number of amides is 4. The van der Waals surface area contributed by atoms with Crippen LogP contribution in [0.1, 0.15) is 17.4 Å². The van der Waals surface area contributed by atoms with E-state index in [1.165, 1.54) is 0 Å². The monoisotopic (exact) mass is 410 g/mol. The first-order valence-corrected chi connectivity index (χ1v) is 10.4. The maximum absolute atomic E-state index is 12.8. The van der Waals surface area contributed by atoms with Gasteiger partial charge in [0.15, 0.2) is 0 Å². The summed E-state index contributed by atoms with van der Waals surface area (Å²) in [5, 5.41) is 5.70. The number of nitrogens with zero attached hydrogens (tertiary/aromatic N) is 2. The van der Waals surface area contributed by atoms with Crippen LogP contribution in [0.3, 0.4) is 0 Å². The number of nitrogens with one attached hydrogen (secondary N) is 2. The molecule has 0 radical (unpaired) electrons. The molecule has 3 aromatic rings. The van der Waals surface area contributed by atoms with Crippen LogP contribution >= 0.6 is 11.3 Å². The van der Waals surface area contributed by atoms with E-state index >= 15 is 0 Å². The zero-order valence-corrected chi connectivity index (χ0v) is 16.9. The zero-order valence-electron chi connectivity index (χ0n) is 16.1. The highest BCUT2D eigenvalue weighted by molar-refractivity contribution is 7.09. The summed E-state index contributed by atoms with van der Waals surface area (Å²) >= 11 is 1.57. The molecular formula is C21H22N4O3S. The van der Waals surface area contributed by atoms with Gasteiger partial charge in [0.2, 0.25) is 5.91 Å². The second kappa shape index (κ2) is 8.08. The molecule has 4 amide bonds. The lowest BCUT2D eigenvalue weighted by molar-refractivity contribution is -0.137. The zero-order chi connectivity index (χ0) is 20.4. The van der Waals surface area contributed by atoms with Gasteiger partial charge in [-0.2, -0.15) is 0 Å². The van der Waals surface area contributed by atoms with Gasteiger partial charge >= 0.3 is 6.03 Å². The molecule has 2 aromatic heterocycles. The number of carbonyl (C=O) groups excluding carboxylic acids is 3. The van der Waals surface area contributed by atoms with Crippen molar-refractivity contribution in [3.05, 3.63) is 58.4 Å². The average molecular weight is 410 g/mol. The van der Waals surface area contributed by atoms with E-state index in [0.29, 0.717) is 19.5 Å². The van der Waals surface area contributed by atoms with Gasteiger partial charge in [0.05, 0.1) is 6.54 Å². The average Bonchev–Trinajstić information content (AvgIpc) is 3.44. The van der Waals surface area contributed by atoms with Crippen molar-refractivity contribution >= 4 is 40.1 Å². The molecule has 2 N–H and O–H groups in total. The second-order valence-corrected chi connectivity index (χ2v) is 8.01. The number of carbonyl (C=O) groups is 3. The van der Waals surface area contributed by atoms with Crippen molar-refractivity contribution in [2.75, 3.05) is 13.1 Å². The number of imide groups is 1. The number of aromatic amines is 1. The minimum atomic E-state index is -0.665. The van der Waals surface area contributed by atoms with Crippen molar-refractivity contribution in [2.45, 2.75) is 25.9 Å². The fourth-order valence-corrected chi connectivity index (χ4v) is 4.31. The summed E-state index contributed by atoms with van der Waals surface area (Å²) in [6.07, 6.45) is 2.24. The first-order chi connectivity index (χ1) is 14.1. The molecule has 1 fully saturated rings. The third kappa shape index (κ3) is 3.88. The van der Waals surface area contributed by atoms with Gasteiger partial charge < -0.3 is 15.2 Å². The van der Waals surface area contributed by atoms with Gasteiger partial charge in [-0.05, 0) is 30.0 Å². The molecule has 150 valence electrons. The van der Waals surface area contributed by atoms with Crippen LogP contribution in [0, 0.1) is 0 Å². The minimum Gasteiger partial charge on any atom is -0.361 e. The molecule has 7 nitrogen and oxygen atoms in total. The Bertz CT molecular complexity index is 1040. The minimum absolute atomic E-state index is 0.239. The Hall–Kier alpha value is -3.13. The Kier molecular flexibility index (Phi) is 5.35. The number of rotatable bonds is 7. The smallest absolute Gasteiger partial charge is 0.325 e. The Morgan fingerprint density at radius 3 is 2.79 bits per heavy atom. The van der Waals surface area contributed by atoms with Gasteiger partial charge in [-0.25, -0.2) is 4.79 Å². The summed E-state index contributed by atoms with van der Waals surface area (Å²) in [5.74, 6) is -0.599. The van der Waals surface area contributed by atoms with Gasteiger partial charge in [0.1, 0.15) is 12.6 Å². The van der Waals surface area contributed by atoms with Crippen LogP contribution in [0.4, 0.5) is 4.79 Å². The standard InChI is InChI=1S/C21H22N4O3S/c1-2-24(12-15-6-5-9-29-15)19(26)13-25-20(27)18(23-21(25)28)10-14-11-22-17-8-4-3-7-16(14)17/h3-9,11,18,22H,2,10,12-13H2,1H3,(H,23,28)/t18-/m0/s1. The third-order valence-electron chi connectivity index (χ3n) is 5.16. The van der Waals surface area contributed by atoms with Crippen LogP contribution in [0.25, 0.3) is 10.9 Å². The maximum Gasteiger partial charge on any atom is 0.325 e. The van der Waals surface area contributed by atoms with Crippen molar-refractivity contribution < 1.29 is 14.4 Å². The summed E-state index contributed by atoms with van der Waals surface area (Å²) < 4.78 is 0. The summed E-state index contributed by atoms with van der Waals surface area (Å²) in [6, 6.07) is 10.5. The van der Waals surface area contributed by atoms with Gasteiger partial charge in [0.25, 0.3) is 5.91 Å². The number of fused-ring (bicyclic) bond motifs is 1. The lowest BCUT2D eigenvalue weighted by atomic mass is 10.1. The molecule has 3 heterocycles. The van der Waals surface area contributed by atoms with E-state index in [0.717, 1.165) is 26.2 Å². The molecule has 0 spiro atoms. The fourth-order valence-electron chi connectivity index (χ4n) is 3.59. The topological polar surface area (TPSA) is 85.5 Å². The summed E-state index contributed by atoms with van der Waals surface area (Å²) in [4.78, 5) is 44.8. The molecule has 0 unspecified atom stereocenters. The molecule has 8 heteroatoms. The largest absolute Gasteiger partial charge is 0.361 e. The van der Waals surface area contributed by atoms with E-state index in [4.69, 9.17) is 0 Å². The molecular weight excluding hydrogens is 388 g/mol. The van der Waals surface area contributed by atoms with Crippen molar-refractivity contribution in [3.8, 4) is 0 Å². The van der Waals surface area contributed by atoms with Crippen LogP contribution in [0.5, 0.6) is 0 Å². The number of aromatic nitrogens is 1. The van der Waals surface area contributed by atoms with Crippen LogP contribution in [-0.2, 0) is 22.6 Å². The van der Waals surface area contributed by atoms with Crippen molar-refractivity contribution in [3.63, 3.8) is 0 Å². The summed E-state index contributed by atoms with van der Waals surface area (Å²) in [6.45, 7) is 2.64. The number of likely N-dealkylation sites (N-methyl/N-ethyl adjacent to an activating group) is 1. The number of hydrogen-bond acceptors (Lipinski definition) is 4. The molecule has 1 aromatic carbocycles. The number of benzene rings is 1. The second-order valence-electron chi connectivity index (χ2n) is 6.98. The van der Waals surface area contributed by atoms with Crippen molar-refractivity contribution in [2.24, 2.45) is 0 Å². The van der Waals surface area contributed by atoms with E-state index in [9.17, 15) is 14.4 Å². The molecule has 4 rings (SSSR count). The van der Waals surface area contributed by atoms with E-state index in [-0.39, 0.29) is 18.4 Å². The maximum atomic E-state index is 12.8. The number of urea groups is 1. The molecule has 1 aliphatic rings. The van der Waals surface area contributed by atoms with Crippen molar-refractivity contribution in [1.82, 2.24) is 20.1 Å². The van der Waals surface area contributed by atoms with E-state index in [1.54, 1.807) is 16.2 Å². The number of thiophene rings is 1. The van der Waals surface area contributed by atoms with Crippen LogP contribution in [0.15, 0.2) is 48.0 Å². The number of para-hydroxylation sites is 1. The predicted octanol–water partition coefficient (Wildman–Crippen LogP) is 2.74. The molecule has 0 aliphatic carbocycles. The third-order valence-corrected chi connectivity index (χ3v) is 6.02. The van der Waals surface area contributed by atoms with Gasteiger partial charge in [-0.1, -0.05) is 24.3 Å². The highest BCUT2D eigenvalue weighted by Gasteiger charge is 2.39. The van der Waals surface area contributed by atoms with Gasteiger partial charge in [-0.15, -0.1) is 11.3 Å². The van der Waals surface area contributed by atoms with E-state index in [1.807, 2.05) is 54.9 Å². The Balaban J connectivity index is 1.43. The Labute approximate surface area is 172 Å². The molecule has 1 atom stereocenters. The van der Waals surface area contributed by atoms with E-state index < -0.39 is 12.1 Å². The van der Waals surface area contributed by atoms with Gasteiger partial charge in [-0.3, -0.25) is 14.5 Å². The SMILES string of the molecule is CCN(Cc1cccs1)C(=O)CN1C(=O)N[C@@H](Cc2c[nH]c3ccccc23)C1=O. The lowest BCUT2D eigenvalue weighted by Crippen LogP contribution is -2.43. The fraction of sp³-hybridized carbons (Fsp3) is 0.286. The van der Waals surface area contributed by atoms with Crippen LogP contribution in [0.2, 0.25) is 0 Å². The Morgan fingerprint density at radius 1 is 1.21 bits per heavy atom. The molecule has 1 aliphatic heterocycles. The molecule has 0 saturated carbocycles. The van der Waals surface area contributed by atoms with Gasteiger partial charge in [0, 0.05) is 34.9 Å². The lowest BCUT2D eigenvalue weighted by Gasteiger charge is -2.22. The summed E-state index contributed by atoms with van der Waals surface area (Å²) in [7, 11) is 0. The molecule has 1 saturated heterocycles. The highest BCUT2D eigenvalue weighted by Crippen LogP contribution is 2.21. The van der Waals surface area contributed by atoms with Crippen LogP contribution in [-0.4, -0.2) is 51.8 Å². The molecule has 29 heavy (non-hydrogen) atoms. The van der Waals surface area contributed by atoms with Crippen molar-refractivity contribution in [1.29, 1.82) is 0 Å². The highest BCUT2D eigenvalue weighted by atomic mass is 32.1. The first-order valence-electron chi connectivity index (χ1n) is 9.54. The summed E-state index contributed by atoms with van der Waals surface area (Å²) in [5.41, 5.74) is 1.94. The van der Waals surface area contributed by atoms with E-state index in [2.05, 4.69) is 10.3 Å². The predicted molar refractivity (Wildman–Crippen MR) is 111 cm³/mol. The number of hydrogen-bond donors (Lipinski definition) is 2. The molecule has 0 bridgehead atoms. The Morgan fingerprint density at radius 2 is 2.03 bits per heavy atom. The van der Waals surface area contributed by atoms with Crippen LogP contribution < -0.4 is 5.32 Å². The number of H-pyrrole nitrogens is 1.